The smallest absolute Gasteiger partial charge is 0.176 e. The van der Waals surface area contributed by atoms with E-state index >= 15 is 0 Å². The number of hydrogen-bond donors (Lipinski definition) is 1. The van der Waals surface area contributed by atoms with Crippen molar-refractivity contribution < 1.29 is 4.74 Å². The molecule has 1 fully saturated rings. The Balaban J connectivity index is 2.07. The summed E-state index contributed by atoms with van der Waals surface area (Å²) >= 11 is 0. The molecule has 0 aromatic rings. The van der Waals surface area contributed by atoms with Crippen molar-refractivity contribution >= 4 is 0 Å². The second kappa shape index (κ2) is 3.49. The molecule has 1 rings (SSSR count). The van der Waals surface area contributed by atoms with Crippen molar-refractivity contribution in [1.29, 1.82) is 0 Å². The molecule has 0 aliphatic heterocycles. The number of rotatable bonds is 3. The van der Waals surface area contributed by atoms with Gasteiger partial charge < -0.3 is 10.5 Å². The molecular weight excluding hydrogens is 126 g/mol. The number of nitrogens with two attached hydrogens (primary N) is 1. The van der Waals surface area contributed by atoms with Crippen molar-refractivity contribution in [2.24, 2.45) is 11.7 Å². The quantitative estimate of drug-likeness (QED) is 0.606. The van der Waals surface area contributed by atoms with Crippen molar-refractivity contribution in [2.75, 3.05) is 6.61 Å². The molecule has 2 heteroatoms. The molecule has 0 spiro atoms. The summed E-state index contributed by atoms with van der Waals surface area (Å²) in [4.78, 5) is 0. The van der Waals surface area contributed by atoms with Gasteiger partial charge in [0.25, 0.3) is 0 Å². The summed E-state index contributed by atoms with van der Waals surface area (Å²) in [5.74, 6) is 1.09. The van der Waals surface area contributed by atoms with Crippen LogP contribution in [0.25, 0.3) is 0 Å². The molecule has 0 radical (unpaired) electrons. The normalized spacial score (nSPS) is 19.2. The second-order valence-corrected chi connectivity index (χ2v) is 2.93. The zero-order valence-corrected chi connectivity index (χ0v) is 6.31. The van der Waals surface area contributed by atoms with E-state index in [1.807, 2.05) is 0 Å². The van der Waals surface area contributed by atoms with E-state index < -0.39 is 0 Å². The fourth-order valence-corrected chi connectivity index (χ4v) is 1.40. The van der Waals surface area contributed by atoms with Crippen molar-refractivity contribution in [2.45, 2.75) is 25.7 Å². The molecule has 0 aromatic carbocycles. The first-order valence-corrected chi connectivity index (χ1v) is 3.86. The molecule has 0 heterocycles. The minimum Gasteiger partial charge on any atom is -0.480 e. The standard InChI is InChI=1S/C8H15NO/c1-7(9)10-6-8-4-2-3-5-8/h8H,1-6,9H2. The molecule has 2 N–H and O–H groups in total. The number of hydrogen-bond acceptors (Lipinski definition) is 2. The van der Waals surface area contributed by atoms with E-state index in [2.05, 4.69) is 6.58 Å². The average Bonchev–Trinajstić information content (AvgIpc) is 2.34. The van der Waals surface area contributed by atoms with Crippen LogP contribution in [0.1, 0.15) is 25.7 Å². The summed E-state index contributed by atoms with van der Waals surface area (Å²) in [5, 5.41) is 0. The predicted octanol–water partition coefficient (Wildman–Crippen LogP) is 1.62. The van der Waals surface area contributed by atoms with Crippen LogP contribution in [0.2, 0.25) is 0 Å². The highest BCUT2D eigenvalue weighted by Gasteiger charge is 2.14. The van der Waals surface area contributed by atoms with Gasteiger partial charge in [-0.15, -0.1) is 0 Å². The maximum atomic E-state index is 5.25. The van der Waals surface area contributed by atoms with E-state index in [4.69, 9.17) is 10.5 Å². The third kappa shape index (κ3) is 2.29. The van der Waals surface area contributed by atoms with Crippen molar-refractivity contribution in [1.82, 2.24) is 0 Å². The molecule has 0 saturated heterocycles. The van der Waals surface area contributed by atoms with Gasteiger partial charge >= 0.3 is 0 Å². The second-order valence-electron chi connectivity index (χ2n) is 2.93. The maximum Gasteiger partial charge on any atom is 0.176 e. The van der Waals surface area contributed by atoms with E-state index in [1.54, 1.807) is 0 Å². The number of ether oxygens (including phenoxy) is 1. The topological polar surface area (TPSA) is 35.2 Å². The van der Waals surface area contributed by atoms with Crippen LogP contribution in [0.5, 0.6) is 0 Å². The zero-order valence-electron chi connectivity index (χ0n) is 6.31. The van der Waals surface area contributed by atoms with Gasteiger partial charge in [0.05, 0.1) is 6.61 Å². The largest absolute Gasteiger partial charge is 0.480 e. The third-order valence-electron chi connectivity index (χ3n) is 1.98. The molecule has 0 atom stereocenters. The first-order valence-electron chi connectivity index (χ1n) is 3.86. The van der Waals surface area contributed by atoms with Crippen LogP contribution < -0.4 is 5.73 Å². The summed E-state index contributed by atoms with van der Waals surface area (Å²) in [5.41, 5.74) is 5.25. The van der Waals surface area contributed by atoms with Gasteiger partial charge in [-0.05, 0) is 25.3 Å². The van der Waals surface area contributed by atoms with E-state index in [1.165, 1.54) is 25.7 Å². The molecule has 10 heavy (non-hydrogen) atoms. The lowest BCUT2D eigenvalue weighted by molar-refractivity contribution is 0.166. The van der Waals surface area contributed by atoms with Crippen LogP contribution in [0.4, 0.5) is 0 Å². The van der Waals surface area contributed by atoms with Gasteiger partial charge in [-0.2, -0.15) is 0 Å². The summed E-state index contributed by atoms with van der Waals surface area (Å²) < 4.78 is 5.11. The van der Waals surface area contributed by atoms with E-state index in [9.17, 15) is 0 Å². The van der Waals surface area contributed by atoms with Gasteiger partial charge in [-0.1, -0.05) is 12.8 Å². The van der Waals surface area contributed by atoms with Crippen LogP contribution in [0.3, 0.4) is 0 Å². The van der Waals surface area contributed by atoms with Crippen LogP contribution >= 0.6 is 0 Å². The molecule has 0 unspecified atom stereocenters. The monoisotopic (exact) mass is 141 g/mol. The fourth-order valence-electron chi connectivity index (χ4n) is 1.40. The predicted molar refractivity (Wildman–Crippen MR) is 41.2 cm³/mol. The van der Waals surface area contributed by atoms with Gasteiger partial charge in [0, 0.05) is 0 Å². The van der Waals surface area contributed by atoms with Gasteiger partial charge in [-0.25, -0.2) is 0 Å². The lowest BCUT2D eigenvalue weighted by Gasteiger charge is -2.09. The lowest BCUT2D eigenvalue weighted by Crippen LogP contribution is -2.08. The van der Waals surface area contributed by atoms with Gasteiger partial charge in [0.15, 0.2) is 5.88 Å². The highest BCUT2D eigenvalue weighted by Crippen LogP contribution is 2.24. The Bertz CT molecular complexity index is 116. The highest BCUT2D eigenvalue weighted by atomic mass is 16.5. The average molecular weight is 141 g/mol. The molecule has 0 bridgehead atoms. The Morgan fingerprint density at radius 3 is 2.60 bits per heavy atom. The summed E-state index contributed by atoms with van der Waals surface area (Å²) in [6.07, 6.45) is 5.30. The van der Waals surface area contributed by atoms with Gasteiger partial charge in [0.1, 0.15) is 0 Å². The Kier molecular flexibility index (Phi) is 2.60. The maximum absolute atomic E-state index is 5.25. The lowest BCUT2D eigenvalue weighted by atomic mass is 10.1. The van der Waals surface area contributed by atoms with Crippen LogP contribution in [-0.4, -0.2) is 6.61 Å². The van der Waals surface area contributed by atoms with Crippen LogP contribution in [0.15, 0.2) is 12.5 Å². The zero-order chi connectivity index (χ0) is 7.40. The SMILES string of the molecule is C=C(N)OCC1CCCC1. The minimum absolute atomic E-state index is 0.354. The third-order valence-corrected chi connectivity index (χ3v) is 1.98. The molecule has 2 nitrogen and oxygen atoms in total. The van der Waals surface area contributed by atoms with Crippen molar-refractivity contribution in [3.8, 4) is 0 Å². The Hall–Kier alpha value is -0.660. The van der Waals surface area contributed by atoms with E-state index in [0.29, 0.717) is 5.88 Å². The summed E-state index contributed by atoms with van der Waals surface area (Å²) in [6, 6.07) is 0. The Morgan fingerprint density at radius 1 is 1.50 bits per heavy atom. The molecule has 1 aliphatic carbocycles. The van der Waals surface area contributed by atoms with Crippen LogP contribution in [0, 0.1) is 5.92 Å². The van der Waals surface area contributed by atoms with E-state index in [0.717, 1.165) is 12.5 Å². The first-order chi connectivity index (χ1) is 4.79. The molecule has 1 aliphatic rings. The van der Waals surface area contributed by atoms with E-state index in [-0.39, 0.29) is 0 Å². The fraction of sp³-hybridized carbons (Fsp3) is 0.750. The molecule has 0 amide bonds. The Labute approximate surface area is 62.1 Å². The van der Waals surface area contributed by atoms with Crippen molar-refractivity contribution in [3.63, 3.8) is 0 Å². The Morgan fingerprint density at radius 2 is 2.10 bits per heavy atom. The van der Waals surface area contributed by atoms with Crippen molar-refractivity contribution in [3.05, 3.63) is 12.5 Å². The molecule has 58 valence electrons. The molecule has 0 aromatic heterocycles. The molecular formula is C8H15NO. The van der Waals surface area contributed by atoms with Gasteiger partial charge in [-0.3, -0.25) is 0 Å². The molecule has 1 saturated carbocycles. The van der Waals surface area contributed by atoms with Gasteiger partial charge in [0.2, 0.25) is 0 Å². The highest BCUT2D eigenvalue weighted by molar-refractivity contribution is 4.74. The van der Waals surface area contributed by atoms with Crippen LogP contribution in [-0.2, 0) is 4.74 Å². The summed E-state index contributed by atoms with van der Waals surface area (Å²) in [7, 11) is 0. The first kappa shape index (κ1) is 7.45. The minimum atomic E-state index is 0.354. The summed E-state index contributed by atoms with van der Waals surface area (Å²) in [6.45, 7) is 4.24.